The van der Waals surface area contributed by atoms with E-state index in [4.69, 9.17) is 28.3 Å². The smallest absolute Gasteiger partial charge is 0.449 e. The van der Waals surface area contributed by atoms with Crippen LogP contribution in [0.5, 0.6) is 5.75 Å². The topological polar surface area (TPSA) is 81.4 Å². The molecule has 0 aliphatic heterocycles. The molecule has 24 heavy (non-hydrogen) atoms. The maximum atomic E-state index is 13.2. The predicted molar refractivity (Wildman–Crippen MR) is 86.0 cm³/mol. The number of aromatic nitrogens is 2. The Kier molecular flexibility index (Phi) is 4.13. The summed E-state index contributed by atoms with van der Waals surface area (Å²) < 4.78 is 19.1. The number of benzene rings is 1. The zero-order valence-electron chi connectivity index (χ0n) is 11.7. The lowest BCUT2D eigenvalue weighted by atomic mass is 10.2. The van der Waals surface area contributed by atoms with Crippen molar-refractivity contribution in [1.29, 1.82) is 0 Å². The minimum absolute atomic E-state index is 0.00235. The Morgan fingerprint density at radius 1 is 1.25 bits per heavy atom. The second-order valence-corrected chi connectivity index (χ2v) is 5.40. The van der Waals surface area contributed by atoms with Gasteiger partial charge in [0.05, 0.1) is 17.1 Å². The van der Waals surface area contributed by atoms with E-state index < -0.39 is 23.2 Å². The second-order valence-electron chi connectivity index (χ2n) is 4.66. The average Bonchev–Trinajstić information content (AvgIpc) is 2.54. The predicted octanol–water partition coefficient (Wildman–Crippen LogP) is 3.89. The number of fused-ring (bicyclic) bond motifs is 1. The second kappa shape index (κ2) is 6.10. The van der Waals surface area contributed by atoms with Crippen LogP contribution in [0.1, 0.15) is 0 Å². The fourth-order valence-electron chi connectivity index (χ4n) is 2.20. The number of hydrogen-bond donors (Lipinski definition) is 1. The molecule has 0 aliphatic rings. The Bertz CT molecular complexity index is 1020. The highest BCUT2D eigenvalue weighted by Gasteiger charge is 2.18. The van der Waals surface area contributed by atoms with Crippen LogP contribution < -0.4 is 10.2 Å². The molecule has 1 N–H and O–H groups in total. The van der Waals surface area contributed by atoms with E-state index in [1.807, 2.05) is 0 Å². The zero-order valence-corrected chi connectivity index (χ0v) is 13.2. The van der Waals surface area contributed by atoms with Gasteiger partial charge in [-0.1, -0.05) is 23.2 Å². The van der Waals surface area contributed by atoms with Gasteiger partial charge in [-0.2, -0.15) is 0 Å². The van der Waals surface area contributed by atoms with E-state index in [0.29, 0.717) is 5.69 Å². The molecule has 0 atom stereocenters. The molecule has 2 aromatic heterocycles. The molecule has 122 valence electrons. The molecule has 0 saturated heterocycles. The third kappa shape index (κ3) is 2.79. The summed E-state index contributed by atoms with van der Waals surface area (Å²) in [5, 5.41) is 8.75. The third-order valence-electron chi connectivity index (χ3n) is 3.21. The standard InChI is InChI=1S/C15H7Cl2FN2O4/c16-11-12-9(5-19-14(11)17)13(21)10(24-15(22)23)6-20(12)8-3-1-7(18)2-4-8/h1-6H,(H,22,23). The van der Waals surface area contributed by atoms with Gasteiger partial charge in [0.25, 0.3) is 0 Å². The number of carboxylic acid groups (broad SMARTS) is 1. The molecule has 1 aromatic carbocycles. The van der Waals surface area contributed by atoms with E-state index in [-0.39, 0.29) is 21.1 Å². The summed E-state index contributed by atoms with van der Waals surface area (Å²) in [5.41, 5.74) is -0.0938. The normalized spacial score (nSPS) is 10.8. The van der Waals surface area contributed by atoms with Crippen molar-refractivity contribution in [3.05, 3.63) is 62.9 Å². The van der Waals surface area contributed by atoms with Gasteiger partial charge >= 0.3 is 6.16 Å². The van der Waals surface area contributed by atoms with Crippen LogP contribution in [0, 0.1) is 5.82 Å². The van der Waals surface area contributed by atoms with E-state index in [0.717, 1.165) is 6.20 Å². The van der Waals surface area contributed by atoms with Gasteiger partial charge in [0.1, 0.15) is 16.0 Å². The lowest BCUT2D eigenvalue weighted by Crippen LogP contribution is -2.16. The fourth-order valence-corrected chi connectivity index (χ4v) is 2.58. The molecular weight excluding hydrogens is 362 g/mol. The largest absolute Gasteiger partial charge is 0.511 e. The number of pyridine rings is 2. The van der Waals surface area contributed by atoms with Gasteiger partial charge in [-0.05, 0) is 24.3 Å². The van der Waals surface area contributed by atoms with Crippen molar-refractivity contribution < 1.29 is 19.0 Å². The summed E-state index contributed by atoms with van der Waals surface area (Å²) in [6.45, 7) is 0. The van der Waals surface area contributed by atoms with E-state index >= 15 is 0 Å². The lowest BCUT2D eigenvalue weighted by molar-refractivity contribution is 0.144. The third-order valence-corrected chi connectivity index (χ3v) is 3.95. The highest BCUT2D eigenvalue weighted by molar-refractivity contribution is 6.44. The van der Waals surface area contributed by atoms with E-state index in [1.165, 1.54) is 35.0 Å². The Hall–Kier alpha value is -2.64. The Morgan fingerprint density at radius 3 is 2.54 bits per heavy atom. The molecule has 0 aliphatic carbocycles. The van der Waals surface area contributed by atoms with E-state index in [2.05, 4.69) is 9.72 Å². The van der Waals surface area contributed by atoms with Crippen LogP contribution in [0.15, 0.2) is 41.5 Å². The molecule has 3 rings (SSSR count). The van der Waals surface area contributed by atoms with Crippen molar-refractivity contribution in [1.82, 2.24) is 9.55 Å². The van der Waals surface area contributed by atoms with E-state index in [1.54, 1.807) is 0 Å². The van der Waals surface area contributed by atoms with Gasteiger partial charge in [0.2, 0.25) is 5.43 Å². The van der Waals surface area contributed by atoms with Gasteiger partial charge in [-0.15, -0.1) is 0 Å². The molecule has 0 spiro atoms. The molecule has 9 heteroatoms. The van der Waals surface area contributed by atoms with Crippen LogP contribution in [0.25, 0.3) is 16.6 Å². The van der Waals surface area contributed by atoms with Crippen molar-refractivity contribution in [2.45, 2.75) is 0 Å². The first-order valence-electron chi connectivity index (χ1n) is 6.44. The van der Waals surface area contributed by atoms with Gasteiger partial charge in [-0.3, -0.25) is 4.79 Å². The number of ether oxygens (including phenoxy) is 1. The molecule has 6 nitrogen and oxygen atoms in total. The maximum absolute atomic E-state index is 13.2. The molecular formula is C15H7Cl2FN2O4. The summed E-state index contributed by atoms with van der Waals surface area (Å²) in [5.74, 6) is -0.906. The van der Waals surface area contributed by atoms with Crippen LogP contribution in [-0.4, -0.2) is 20.8 Å². The molecule has 0 unspecified atom stereocenters. The summed E-state index contributed by atoms with van der Waals surface area (Å²) in [4.78, 5) is 26.9. The first-order chi connectivity index (χ1) is 11.4. The van der Waals surface area contributed by atoms with Crippen LogP contribution in [-0.2, 0) is 0 Å². The molecule has 0 radical (unpaired) electrons. The summed E-state index contributed by atoms with van der Waals surface area (Å²) in [7, 11) is 0. The average molecular weight is 369 g/mol. The van der Waals surface area contributed by atoms with Crippen LogP contribution in [0.2, 0.25) is 10.2 Å². The molecule has 0 bridgehead atoms. The van der Waals surface area contributed by atoms with Crippen molar-refractivity contribution in [3.8, 4) is 11.4 Å². The Morgan fingerprint density at radius 2 is 1.92 bits per heavy atom. The minimum Gasteiger partial charge on any atom is -0.449 e. The first kappa shape index (κ1) is 16.2. The van der Waals surface area contributed by atoms with Crippen molar-refractivity contribution in [3.63, 3.8) is 0 Å². The molecule has 0 fully saturated rings. The van der Waals surface area contributed by atoms with Gasteiger partial charge in [0.15, 0.2) is 5.75 Å². The quantitative estimate of drug-likeness (QED) is 0.548. The first-order valence-corrected chi connectivity index (χ1v) is 7.20. The maximum Gasteiger partial charge on any atom is 0.511 e. The molecule has 0 amide bonds. The van der Waals surface area contributed by atoms with Crippen LogP contribution >= 0.6 is 23.2 Å². The van der Waals surface area contributed by atoms with E-state index in [9.17, 15) is 14.0 Å². The van der Waals surface area contributed by atoms with Crippen molar-refractivity contribution in [2.75, 3.05) is 0 Å². The highest BCUT2D eigenvalue weighted by Crippen LogP contribution is 2.30. The Labute approximate surface area is 143 Å². The van der Waals surface area contributed by atoms with Crippen molar-refractivity contribution in [2.24, 2.45) is 0 Å². The van der Waals surface area contributed by atoms with Gasteiger partial charge in [-0.25, -0.2) is 14.2 Å². The summed E-state index contributed by atoms with van der Waals surface area (Å²) >= 11 is 12.1. The van der Waals surface area contributed by atoms with Gasteiger partial charge in [0, 0.05) is 11.9 Å². The van der Waals surface area contributed by atoms with Crippen molar-refractivity contribution >= 4 is 40.3 Å². The SMILES string of the molecule is O=C(O)Oc1cn(-c2ccc(F)cc2)c2c(Cl)c(Cl)ncc2c1=O. The lowest BCUT2D eigenvalue weighted by Gasteiger charge is -2.14. The molecule has 3 aromatic rings. The zero-order chi connectivity index (χ0) is 17.4. The van der Waals surface area contributed by atoms with Crippen LogP contribution in [0.4, 0.5) is 9.18 Å². The van der Waals surface area contributed by atoms with Gasteiger partial charge < -0.3 is 14.4 Å². The fraction of sp³-hybridized carbons (Fsp3) is 0. The van der Waals surface area contributed by atoms with Crippen LogP contribution in [0.3, 0.4) is 0 Å². The number of nitrogens with zero attached hydrogens (tertiary/aromatic N) is 2. The minimum atomic E-state index is -1.65. The molecule has 2 heterocycles. The number of hydrogen-bond acceptors (Lipinski definition) is 4. The number of rotatable bonds is 2. The highest BCUT2D eigenvalue weighted by atomic mass is 35.5. The molecule has 0 saturated carbocycles. The summed E-state index contributed by atoms with van der Waals surface area (Å²) in [6, 6.07) is 5.25. The number of carbonyl (C=O) groups is 1. The number of halogens is 3. The summed E-state index contributed by atoms with van der Waals surface area (Å²) in [6.07, 6.45) is 0.666. The Balaban J connectivity index is 2.42. The monoisotopic (exact) mass is 368 g/mol.